The molecule has 50 atom stereocenters. The Hall–Kier alpha value is -2.02. The average Bonchev–Trinajstić information content (AvgIpc) is 0.712. The molecule has 8 aliphatic heterocycles. The summed E-state index contributed by atoms with van der Waals surface area (Å²) < 4.78 is 96.1. The molecule has 4 aliphatic carbocycles. The van der Waals surface area contributed by atoms with Gasteiger partial charge in [0.25, 0.3) is 0 Å². The minimum absolute atomic E-state index is 0.0166. The van der Waals surface area contributed by atoms with E-state index in [1.807, 2.05) is 13.8 Å². The van der Waals surface area contributed by atoms with Gasteiger partial charge in [-0.25, -0.2) is 0 Å². The van der Waals surface area contributed by atoms with E-state index in [1.54, 1.807) is 0 Å². The number of hydrogen-bond donors (Lipinski definition) is 28. The first kappa shape index (κ1) is 101. The van der Waals surface area contributed by atoms with Crippen LogP contribution < -0.4 is 0 Å². The van der Waals surface area contributed by atoms with E-state index in [4.69, 9.17) is 75.8 Å². The van der Waals surface area contributed by atoms with Gasteiger partial charge in [-0.2, -0.15) is 0 Å². The lowest BCUT2D eigenvalue weighted by molar-refractivity contribution is -0.407. The minimum atomic E-state index is -2.34. The van der Waals surface area contributed by atoms with Crippen LogP contribution >= 0.6 is 0 Å². The first-order valence-corrected chi connectivity index (χ1v) is 42.9. The van der Waals surface area contributed by atoms with Gasteiger partial charge in [-0.15, -0.1) is 0 Å². The second-order valence-electron chi connectivity index (χ2n) is 38.3. The minimum Gasteiger partial charge on any atom is -0.394 e. The SMILES string of the molecule is C[C@H](CC[C@@H](OC1O[C@H](CO)[C@@H](OC2O[C@H](CO)[C@@H](OC3O[C@H](CO)[C@@H](O)[C@H](O)[C@H]3OC3O[C@H](CO)[C@@H](O)[C@H](O)[C@H]3O)[C@H](O)[C@H]2O)[C@H](O)[C@H]1OC1O[C@H](CO)[C@@H](OC2O[C@H](CO)[C@@H](O)[C@H](O)[C@H]2O)[C@H](O)[C@H]1O)C(C)(C)O)C1CC[C@@]2(C)[C@]3(C)CC=C4C(C)(C)[C@@H](OC5O[C@H](CO)[C@@H](OC6O[C@H](CO)[C@@H](O)[C@H](O)[C@H]6O)[C@H](O)[C@H]5O)CC[C@@]4(C)[C@]3(C)C(O)C[C@]12C. The van der Waals surface area contributed by atoms with Gasteiger partial charge in [-0.05, 0) is 98.7 Å². The highest BCUT2D eigenvalue weighted by Gasteiger charge is 2.78. The van der Waals surface area contributed by atoms with E-state index in [-0.39, 0.29) is 18.3 Å². The maximum atomic E-state index is 13.4. The predicted octanol–water partition coefficient (Wildman–Crippen LogP) is -11.2. The van der Waals surface area contributed by atoms with Gasteiger partial charge in [0.1, 0.15) is 195 Å². The molecular formula is C80H136O44. The van der Waals surface area contributed by atoms with E-state index >= 15 is 0 Å². The Kier molecular flexibility index (Phi) is 31.9. The molecule has 44 nitrogen and oxygen atoms in total. The van der Waals surface area contributed by atoms with Crippen molar-refractivity contribution < 1.29 is 219 Å². The molecule has 0 aromatic rings. The lowest BCUT2D eigenvalue weighted by Crippen LogP contribution is -2.72. The van der Waals surface area contributed by atoms with Crippen molar-refractivity contribution in [2.24, 2.45) is 44.3 Å². The van der Waals surface area contributed by atoms with Gasteiger partial charge in [0.05, 0.1) is 76.8 Å². The third-order valence-electron chi connectivity index (χ3n) is 30.9. The molecule has 3 saturated carbocycles. The van der Waals surface area contributed by atoms with Crippen LogP contribution in [0.5, 0.6) is 0 Å². The highest BCUT2D eigenvalue weighted by Crippen LogP contribution is 2.82. The molecule has 44 heteroatoms. The molecule has 0 spiro atoms. The molecule has 720 valence electrons. The summed E-state index contributed by atoms with van der Waals surface area (Å²) in [6, 6.07) is 0. The van der Waals surface area contributed by atoms with Crippen LogP contribution in [0.15, 0.2) is 11.6 Å². The summed E-state index contributed by atoms with van der Waals surface area (Å²) in [5.74, 6) is -0.299. The summed E-state index contributed by atoms with van der Waals surface area (Å²) in [6.45, 7) is 12.4. The Morgan fingerprint density at radius 2 is 0.669 bits per heavy atom. The number of hydrogen-bond acceptors (Lipinski definition) is 44. The first-order valence-electron chi connectivity index (χ1n) is 42.9. The molecule has 11 fully saturated rings. The molecule has 8 saturated heterocycles. The molecule has 12 aliphatic rings. The molecule has 10 unspecified atom stereocenters. The molecule has 28 N–H and O–H groups in total. The molecule has 0 aromatic carbocycles. The Bertz CT molecular complexity index is 3450. The fourth-order valence-corrected chi connectivity index (χ4v) is 22.8. The van der Waals surface area contributed by atoms with Crippen molar-refractivity contribution >= 4 is 0 Å². The smallest absolute Gasteiger partial charge is 0.187 e. The molecule has 12 rings (SSSR count). The van der Waals surface area contributed by atoms with Crippen LogP contribution in [-0.4, -0.2) is 465 Å². The Morgan fingerprint density at radius 1 is 0.355 bits per heavy atom. The molecule has 0 aromatic heterocycles. The van der Waals surface area contributed by atoms with Crippen LogP contribution in [0.1, 0.15) is 121 Å². The summed E-state index contributed by atoms with van der Waals surface area (Å²) in [5.41, 5.74) is -4.79. The summed E-state index contributed by atoms with van der Waals surface area (Å²) in [7, 11) is 0. The van der Waals surface area contributed by atoms with E-state index in [9.17, 15) is 143 Å². The summed E-state index contributed by atoms with van der Waals surface area (Å²) >= 11 is 0. The summed E-state index contributed by atoms with van der Waals surface area (Å²) in [5, 5.41) is 311. The monoisotopic (exact) mass is 1800 g/mol. The number of allylic oxidation sites excluding steroid dienone is 1. The molecule has 0 radical (unpaired) electrons. The average molecular weight is 1800 g/mol. The highest BCUT2D eigenvalue weighted by molar-refractivity contribution is 5.39. The number of aliphatic hydroxyl groups is 28. The molecule has 8 heterocycles. The van der Waals surface area contributed by atoms with Crippen molar-refractivity contribution in [3.8, 4) is 0 Å². The van der Waals surface area contributed by atoms with E-state index in [0.29, 0.717) is 38.5 Å². The van der Waals surface area contributed by atoms with Gasteiger partial charge < -0.3 is 219 Å². The zero-order valence-corrected chi connectivity index (χ0v) is 70.9. The lowest BCUT2D eigenvalue weighted by atomic mass is 9.29. The zero-order valence-electron chi connectivity index (χ0n) is 70.9. The third kappa shape index (κ3) is 17.7. The zero-order chi connectivity index (χ0) is 91.4. The maximum Gasteiger partial charge on any atom is 0.187 e. The summed E-state index contributed by atoms with van der Waals surface area (Å²) in [4.78, 5) is 0. The van der Waals surface area contributed by atoms with Crippen molar-refractivity contribution in [3.05, 3.63) is 11.6 Å². The van der Waals surface area contributed by atoms with Gasteiger partial charge in [0, 0.05) is 10.8 Å². The van der Waals surface area contributed by atoms with Crippen LogP contribution in [0, 0.1) is 44.3 Å². The fraction of sp³-hybridized carbons (Fsp3) is 0.975. The normalized spacial score (nSPS) is 53.0. The van der Waals surface area contributed by atoms with Gasteiger partial charge in [0.15, 0.2) is 50.3 Å². The largest absolute Gasteiger partial charge is 0.394 e. The van der Waals surface area contributed by atoms with Crippen molar-refractivity contribution in [1.82, 2.24) is 0 Å². The second-order valence-corrected chi connectivity index (χ2v) is 38.3. The van der Waals surface area contributed by atoms with E-state index in [1.165, 1.54) is 13.8 Å². The fourth-order valence-electron chi connectivity index (χ4n) is 22.8. The van der Waals surface area contributed by atoms with Crippen molar-refractivity contribution in [2.75, 3.05) is 52.9 Å². The van der Waals surface area contributed by atoms with Gasteiger partial charge in [0.2, 0.25) is 0 Å². The Labute approximate surface area is 715 Å². The number of fused-ring (bicyclic) bond motifs is 5. The van der Waals surface area contributed by atoms with E-state index in [2.05, 4.69) is 47.6 Å². The molecule has 0 bridgehead atoms. The third-order valence-corrected chi connectivity index (χ3v) is 30.9. The first-order chi connectivity index (χ1) is 58.1. The topological polar surface area (TPSA) is 714 Å². The Balaban J connectivity index is 0.769. The van der Waals surface area contributed by atoms with E-state index in [0.717, 1.165) is 12.0 Å². The standard InChI is InChI=1S/C80H136O44/c1-28(29-13-17-78(8)77(29,7)19-39(89)80(10)76(6)16-15-40(74(2,3)38(76)14-18-79(78,80)9)117-66-56(104)50(98)60(34(24-85)113-66)119-67-53(101)46(94)42(90)30(20-81)109-67)11-12-41(75(4,5)108)118-72-65(124-71-58(106)51(99)61(35(25-86)115-71)120-68-54(102)47(95)43(91)31(21-82)110-68)59(107)63(37(27-88)116-72)121-70-57(105)52(100)62(36(26-87)114-70)122-73-64(49(97)45(93)33(23-84)112-73)123-69-55(103)48(96)44(92)32(22-83)111-69/h14,28-37,39-73,81-108H,11-13,15-27H2,1-10H3/t28-,29?,30-,31-,32-,33-,34-,35-,36-,37-,39?,40+,41-,42-,43-,44-,45-,46+,47+,48+,49+,50-,51-,52-,53-,54-,55-,56-,57-,58-,59+,60-,61-,62-,63-,64-,65-,66?,67?,68?,69?,70?,71?,72?,73?,76-,77-,78-,79+,80+/m1/s1. The molecular weight excluding hydrogens is 1660 g/mol. The van der Waals surface area contributed by atoms with Crippen molar-refractivity contribution in [2.45, 2.75) is 390 Å². The number of aliphatic hydroxyl groups excluding tert-OH is 27. The molecule has 0 amide bonds. The van der Waals surface area contributed by atoms with E-state index < -0.39 is 355 Å². The highest BCUT2D eigenvalue weighted by atomic mass is 16.8. The van der Waals surface area contributed by atoms with Crippen LogP contribution in [-0.2, 0) is 75.8 Å². The van der Waals surface area contributed by atoms with Gasteiger partial charge in [-0.3, -0.25) is 0 Å². The number of rotatable bonds is 29. The van der Waals surface area contributed by atoms with Crippen LogP contribution in [0.4, 0.5) is 0 Å². The van der Waals surface area contributed by atoms with Gasteiger partial charge >= 0.3 is 0 Å². The van der Waals surface area contributed by atoms with Crippen LogP contribution in [0.3, 0.4) is 0 Å². The summed E-state index contributed by atoms with van der Waals surface area (Å²) in [6.07, 6.45) is -73.7. The predicted molar refractivity (Wildman–Crippen MR) is 407 cm³/mol. The Morgan fingerprint density at radius 3 is 1.06 bits per heavy atom. The second kappa shape index (κ2) is 39.1. The molecule has 124 heavy (non-hydrogen) atoms. The van der Waals surface area contributed by atoms with Crippen molar-refractivity contribution in [3.63, 3.8) is 0 Å². The van der Waals surface area contributed by atoms with Crippen molar-refractivity contribution in [1.29, 1.82) is 0 Å². The van der Waals surface area contributed by atoms with Crippen LogP contribution in [0.25, 0.3) is 0 Å². The lowest BCUT2D eigenvalue weighted by Gasteiger charge is -2.75. The maximum absolute atomic E-state index is 13.4. The van der Waals surface area contributed by atoms with Crippen LogP contribution in [0.2, 0.25) is 0 Å². The quantitative estimate of drug-likeness (QED) is 0.0309. The number of ether oxygens (including phenoxy) is 16. The van der Waals surface area contributed by atoms with Gasteiger partial charge in [-0.1, -0.05) is 67.0 Å².